The number of hydrogen-bond donors (Lipinski definition) is 1. The maximum atomic E-state index is 5.88. The molecule has 0 amide bonds. The molecule has 17 heavy (non-hydrogen) atoms. The second-order valence-corrected chi connectivity index (χ2v) is 5.28. The monoisotopic (exact) mass is 292 g/mol. The van der Waals surface area contributed by atoms with Crippen molar-refractivity contribution in [2.45, 2.75) is 25.0 Å². The van der Waals surface area contributed by atoms with E-state index in [2.05, 4.69) is 20.9 Å². The summed E-state index contributed by atoms with van der Waals surface area (Å²) < 4.78 is 6.94. The lowest BCUT2D eigenvalue weighted by atomic mass is 9.90. The van der Waals surface area contributed by atoms with Crippen LogP contribution in [0.5, 0.6) is 5.88 Å². The van der Waals surface area contributed by atoms with Crippen LogP contribution >= 0.6 is 15.9 Å². The molecule has 0 aliphatic heterocycles. The van der Waals surface area contributed by atoms with Crippen molar-refractivity contribution < 1.29 is 4.74 Å². The molecule has 0 radical (unpaired) electrons. The standard InChI is InChI=1S/C13H13BrN2O/c14-12-3-1-2-11-10(12)4-5-16-13(11)17-9-6-8(15)7-9/h1-5,8-9H,6-7,15H2. The van der Waals surface area contributed by atoms with Crippen LogP contribution in [0.25, 0.3) is 10.8 Å². The molecule has 3 rings (SSSR count). The van der Waals surface area contributed by atoms with Crippen LogP contribution < -0.4 is 10.5 Å². The smallest absolute Gasteiger partial charge is 0.221 e. The normalized spacial score (nSPS) is 23.4. The minimum atomic E-state index is 0.224. The molecule has 0 unspecified atom stereocenters. The Morgan fingerprint density at radius 2 is 2.06 bits per heavy atom. The molecule has 2 aromatic rings. The molecule has 1 fully saturated rings. The second-order valence-electron chi connectivity index (χ2n) is 4.42. The minimum Gasteiger partial charge on any atom is -0.474 e. The fourth-order valence-corrected chi connectivity index (χ4v) is 2.59. The van der Waals surface area contributed by atoms with Gasteiger partial charge in [0.1, 0.15) is 6.10 Å². The van der Waals surface area contributed by atoms with Crippen LogP contribution in [0, 0.1) is 0 Å². The first-order valence-corrected chi connectivity index (χ1v) is 6.49. The molecule has 1 aliphatic carbocycles. The third kappa shape index (κ3) is 2.03. The lowest BCUT2D eigenvalue weighted by molar-refractivity contribution is 0.0977. The number of aromatic nitrogens is 1. The Labute approximate surface area is 108 Å². The number of benzene rings is 1. The highest BCUT2D eigenvalue weighted by molar-refractivity contribution is 9.10. The number of fused-ring (bicyclic) bond motifs is 1. The fourth-order valence-electron chi connectivity index (χ4n) is 2.10. The van der Waals surface area contributed by atoms with E-state index in [-0.39, 0.29) is 6.10 Å². The minimum absolute atomic E-state index is 0.224. The summed E-state index contributed by atoms with van der Waals surface area (Å²) >= 11 is 3.53. The summed E-state index contributed by atoms with van der Waals surface area (Å²) in [5.41, 5.74) is 5.75. The van der Waals surface area contributed by atoms with Gasteiger partial charge in [-0.3, -0.25) is 0 Å². The molecule has 0 saturated heterocycles. The van der Waals surface area contributed by atoms with Crippen molar-refractivity contribution >= 4 is 26.7 Å². The van der Waals surface area contributed by atoms with Gasteiger partial charge in [0.2, 0.25) is 5.88 Å². The Morgan fingerprint density at radius 1 is 1.24 bits per heavy atom. The Bertz CT molecular complexity index is 552. The summed E-state index contributed by atoms with van der Waals surface area (Å²) in [6.45, 7) is 0. The van der Waals surface area contributed by atoms with Gasteiger partial charge >= 0.3 is 0 Å². The van der Waals surface area contributed by atoms with Crippen LogP contribution in [0.3, 0.4) is 0 Å². The largest absolute Gasteiger partial charge is 0.474 e. The van der Waals surface area contributed by atoms with E-state index < -0.39 is 0 Å². The summed E-state index contributed by atoms with van der Waals surface area (Å²) in [5, 5.41) is 2.17. The van der Waals surface area contributed by atoms with E-state index in [9.17, 15) is 0 Å². The van der Waals surface area contributed by atoms with Crippen LogP contribution in [0.1, 0.15) is 12.8 Å². The molecule has 1 aromatic heterocycles. The van der Waals surface area contributed by atoms with E-state index in [1.807, 2.05) is 24.3 Å². The molecule has 1 saturated carbocycles. The molecular weight excluding hydrogens is 280 g/mol. The van der Waals surface area contributed by atoms with Crippen molar-refractivity contribution in [1.29, 1.82) is 0 Å². The molecule has 2 N–H and O–H groups in total. The third-order valence-electron chi connectivity index (χ3n) is 3.13. The quantitative estimate of drug-likeness (QED) is 0.926. The summed E-state index contributed by atoms with van der Waals surface area (Å²) in [6.07, 6.45) is 3.85. The predicted octanol–water partition coefficient (Wildman–Crippen LogP) is 2.87. The molecule has 4 heteroatoms. The summed E-state index contributed by atoms with van der Waals surface area (Å²) in [5.74, 6) is 0.709. The van der Waals surface area contributed by atoms with E-state index in [1.165, 1.54) is 0 Å². The van der Waals surface area contributed by atoms with Gasteiger partial charge < -0.3 is 10.5 Å². The van der Waals surface area contributed by atoms with Gasteiger partial charge in [0.15, 0.2) is 0 Å². The van der Waals surface area contributed by atoms with Crippen LogP contribution in [0.2, 0.25) is 0 Å². The molecule has 1 aliphatic rings. The molecule has 88 valence electrons. The Hall–Kier alpha value is -1.13. The number of nitrogens with zero attached hydrogens (tertiary/aromatic N) is 1. The highest BCUT2D eigenvalue weighted by atomic mass is 79.9. The van der Waals surface area contributed by atoms with Crippen molar-refractivity contribution in [1.82, 2.24) is 4.98 Å². The third-order valence-corrected chi connectivity index (χ3v) is 3.82. The van der Waals surface area contributed by atoms with Gasteiger partial charge in [0, 0.05) is 27.5 Å². The lowest BCUT2D eigenvalue weighted by Crippen LogP contribution is -2.43. The zero-order valence-electron chi connectivity index (χ0n) is 9.27. The molecule has 3 nitrogen and oxygen atoms in total. The number of hydrogen-bond acceptors (Lipinski definition) is 3. The van der Waals surface area contributed by atoms with Crippen LogP contribution in [0.4, 0.5) is 0 Å². The van der Waals surface area contributed by atoms with E-state index in [0.717, 1.165) is 28.1 Å². The molecule has 1 aromatic carbocycles. The van der Waals surface area contributed by atoms with Gasteiger partial charge in [-0.15, -0.1) is 0 Å². The molecule has 0 spiro atoms. The summed E-state index contributed by atoms with van der Waals surface area (Å²) in [4.78, 5) is 4.31. The van der Waals surface area contributed by atoms with E-state index in [0.29, 0.717) is 11.9 Å². The Morgan fingerprint density at radius 3 is 2.82 bits per heavy atom. The van der Waals surface area contributed by atoms with Gasteiger partial charge in [-0.2, -0.15) is 0 Å². The highest BCUT2D eigenvalue weighted by Gasteiger charge is 2.28. The van der Waals surface area contributed by atoms with Crippen molar-refractivity contribution in [2.75, 3.05) is 0 Å². The average molecular weight is 293 g/mol. The summed E-state index contributed by atoms with van der Waals surface area (Å²) in [7, 11) is 0. The Balaban J connectivity index is 1.96. The van der Waals surface area contributed by atoms with Crippen LogP contribution in [-0.4, -0.2) is 17.1 Å². The number of rotatable bonds is 2. The predicted molar refractivity (Wildman–Crippen MR) is 71.1 cm³/mol. The first-order chi connectivity index (χ1) is 8.24. The van der Waals surface area contributed by atoms with E-state index in [4.69, 9.17) is 10.5 Å². The molecular formula is C13H13BrN2O. The van der Waals surface area contributed by atoms with Crippen LogP contribution in [-0.2, 0) is 0 Å². The van der Waals surface area contributed by atoms with Crippen molar-refractivity contribution in [3.63, 3.8) is 0 Å². The number of halogens is 1. The Kier molecular flexibility index (Phi) is 2.76. The molecule has 0 atom stereocenters. The van der Waals surface area contributed by atoms with Crippen molar-refractivity contribution in [3.05, 3.63) is 34.9 Å². The molecule has 0 bridgehead atoms. The fraction of sp³-hybridized carbons (Fsp3) is 0.308. The lowest BCUT2D eigenvalue weighted by Gasteiger charge is -2.32. The summed E-state index contributed by atoms with van der Waals surface area (Å²) in [6, 6.07) is 8.32. The SMILES string of the molecule is NC1CC(Oc2nccc3c(Br)cccc23)C1. The number of ether oxygens (including phenoxy) is 1. The van der Waals surface area contributed by atoms with E-state index >= 15 is 0 Å². The zero-order chi connectivity index (χ0) is 11.8. The van der Waals surface area contributed by atoms with Gasteiger partial charge in [0.25, 0.3) is 0 Å². The van der Waals surface area contributed by atoms with Gasteiger partial charge in [-0.1, -0.05) is 22.0 Å². The topological polar surface area (TPSA) is 48.1 Å². The van der Waals surface area contributed by atoms with Gasteiger partial charge in [-0.05, 0) is 31.0 Å². The first-order valence-electron chi connectivity index (χ1n) is 5.69. The first kappa shape index (κ1) is 11.0. The zero-order valence-corrected chi connectivity index (χ0v) is 10.9. The maximum absolute atomic E-state index is 5.88. The number of nitrogens with two attached hydrogens (primary N) is 1. The average Bonchev–Trinajstić information content (AvgIpc) is 2.28. The molecule has 1 heterocycles. The number of pyridine rings is 1. The van der Waals surface area contributed by atoms with Gasteiger partial charge in [-0.25, -0.2) is 4.98 Å². The van der Waals surface area contributed by atoms with Crippen molar-refractivity contribution in [3.8, 4) is 5.88 Å². The van der Waals surface area contributed by atoms with Crippen molar-refractivity contribution in [2.24, 2.45) is 5.73 Å². The van der Waals surface area contributed by atoms with E-state index in [1.54, 1.807) is 6.20 Å². The van der Waals surface area contributed by atoms with Crippen LogP contribution in [0.15, 0.2) is 34.9 Å². The second kappa shape index (κ2) is 4.27. The van der Waals surface area contributed by atoms with Gasteiger partial charge in [0.05, 0.1) is 0 Å². The maximum Gasteiger partial charge on any atom is 0.221 e. The highest BCUT2D eigenvalue weighted by Crippen LogP contribution is 2.31.